The molecule has 2 aliphatic rings. The molecule has 0 bridgehead atoms. The topological polar surface area (TPSA) is 78.9 Å². The first-order valence-corrected chi connectivity index (χ1v) is 8.36. The van der Waals surface area contributed by atoms with Crippen molar-refractivity contribution in [3.8, 4) is 0 Å². The van der Waals surface area contributed by atoms with Crippen molar-refractivity contribution in [2.75, 3.05) is 19.6 Å². The van der Waals surface area contributed by atoms with Gasteiger partial charge in [0, 0.05) is 19.0 Å². The molecule has 1 spiro atoms. The average Bonchev–Trinajstić information content (AvgIpc) is 3.15. The molecule has 2 aromatic rings. The third-order valence-corrected chi connectivity index (χ3v) is 5.42. The Hall–Kier alpha value is -2.08. The van der Waals surface area contributed by atoms with Crippen LogP contribution < -0.4 is 16.3 Å². The summed E-state index contributed by atoms with van der Waals surface area (Å²) < 4.78 is 1.68. The predicted octanol–water partition coefficient (Wildman–Crippen LogP) is 0.835. The van der Waals surface area contributed by atoms with Crippen molar-refractivity contribution in [1.82, 2.24) is 20.2 Å². The van der Waals surface area contributed by atoms with Gasteiger partial charge in [0.05, 0.1) is 11.0 Å². The van der Waals surface area contributed by atoms with Crippen LogP contribution in [-0.2, 0) is 11.3 Å². The lowest BCUT2D eigenvalue weighted by Gasteiger charge is -2.23. The highest BCUT2D eigenvalue weighted by molar-refractivity contribution is 5.82. The summed E-state index contributed by atoms with van der Waals surface area (Å²) in [6.45, 7) is 3.03. The van der Waals surface area contributed by atoms with Gasteiger partial charge in [-0.2, -0.15) is 0 Å². The maximum atomic E-state index is 12.3. The maximum absolute atomic E-state index is 12.3. The number of H-pyrrole nitrogens is 1. The quantitative estimate of drug-likeness (QED) is 0.782. The van der Waals surface area contributed by atoms with Crippen LogP contribution in [0.4, 0.5) is 0 Å². The second-order valence-corrected chi connectivity index (χ2v) is 6.76. The van der Waals surface area contributed by atoms with Crippen LogP contribution in [0.5, 0.6) is 0 Å². The minimum atomic E-state index is -0.123. The first-order chi connectivity index (χ1) is 11.2. The molecule has 2 heterocycles. The lowest BCUT2D eigenvalue weighted by molar-refractivity contribution is -0.123. The Morgan fingerprint density at radius 3 is 2.91 bits per heavy atom. The van der Waals surface area contributed by atoms with E-state index in [1.165, 1.54) is 0 Å². The molecule has 1 unspecified atom stereocenters. The van der Waals surface area contributed by atoms with Crippen molar-refractivity contribution in [2.24, 2.45) is 11.3 Å². The Kier molecular flexibility index (Phi) is 3.49. The van der Waals surface area contributed by atoms with E-state index in [0.29, 0.717) is 13.1 Å². The lowest BCUT2D eigenvalue weighted by Crippen LogP contribution is -2.35. The first kappa shape index (κ1) is 14.5. The summed E-state index contributed by atoms with van der Waals surface area (Å²) in [6.07, 6.45) is 3.23. The number of carbonyl (C=O) groups is 1. The van der Waals surface area contributed by atoms with E-state index in [9.17, 15) is 9.59 Å². The van der Waals surface area contributed by atoms with Crippen LogP contribution >= 0.6 is 0 Å². The van der Waals surface area contributed by atoms with Crippen LogP contribution in [0.25, 0.3) is 11.0 Å². The molecule has 2 fully saturated rings. The van der Waals surface area contributed by atoms with E-state index < -0.39 is 0 Å². The molecule has 1 aliphatic carbocycles. The molecule has 0 radical (unpaired) electrons. The maximum Gasteiger partial charge on any atom is 0.326 e. The van der Waals surface area contributed by atoms with Crippen LogP contribution in [0.1, 0.15) is 19.3 Å². The number of nitrogens with zero attached hydrogens (tertiary/aromatic N) is 1. The van der Waals surface area contributed by atoms with Gasteiger partial charge < -0.3 is 15.6 Å². The average molecular weight is 314 g/mol. The molecule has 1 amide bonds. The highest BCUT2D eigenvalue weighted by Gasteiger charge is 2.57. The molecule has 3 N–H and O–H groups in total. The molecule has 1 aromatic heterocycles. The van der Waals surface area contributed by atoms with Crippen molar-refractivity contribution in [1.29, 1.82) is 0 Å². The second-order valence-electron chi connectivity index (χ2n) is 6.76. The summed E-state index contributed by atoms with van der Waals surface area (Å²) in [5.41, 5.74) is 1.85. The molecule has 6 heteroatoms. The molecule has 1 aliphatic heterocycles. The molecule has 1 atom stereocenters. The minimum Gasteiger partial charge on any atom is -0.354 e. The fourth-order valence-corrected chi connectivity index (χ4v) is 3.94. The third kappa shape index (κ3) is 2.57. The van der Waals surface area contributed by atoms with Gasteiger partial charge in [0.15, 0.2) is 0 Å². The highest BCUT2D eigenvalue weighted by atomic mass is 16.2. The molecular formula is C17H22N4O2. The van der Waals surface area contributed by atoms with Crippen LogP contribution in [0.3, 0.4) is 0 Å². The van der Waals surface area contributed by atoms with Crippen molar-refractivity contribution >= 4 is 16.9 Å². The number of piperidine rings is 1. The van der Waals surface area contributed by atoms with E-state index in [1.54, 1.807) is 4.57 Å². The van der Waals surface area contributed by atoms with E-state index in [1.807, 2.05) is 24.3 Å². The smallest absolute Gasteiger partial charge is 0.326 e. The van der Waals surface area contributed by atoms with Crippen molar-refractivity contribution < 1.29 is 4.79 Å². The van der Waals surface area contributed by atoms with Gasteiger partial charge >= 0.3 is 5.69 Å². The van der Waals surface area contributed by atoms with E-state index in [4.69, 9.17) is 0 Å². The van der Waals surface area contributed by atoms with Crippen LogP contribution in [0.2, 0.25) is 0 Å². The summed E-state index contributed by atoms with van der Waals surface area (Å²) in [5.74, 6) is 0.323. The fraction of sp³-hybridized carbons (Fsp3) is 0.529. The summed E-state index contributed by atoms with van der Waals surface area (Å²) >= 11 is 0. The molecule has 6 nitrogen and oxygen atoms in total. The number of hydrogen-bond acceptors (Lipinski definition) is 3. The summed E-state index contributed by atoms with van der Waals surface area (Å²) in [6, 6.07) is 7.61. The molecule has 4 rings (SSSR count). The van der Waals surface area contributed by atoms with Gasteiger partial charge in [-0.25, -0.2) is 4.79 Å². The molecular weight excluding hydrogens is 292 g/mol. The predicted molar refractivity (Wildman–Crippen MR) is 88.2 cm³/mol. The van der Waals surface area contributed by atoms with Gasteiger partial charge in [0.1, 0.15) is 0 Å². The van der Waals surface area contributed by atoms with Crippen LogP contribution in [-0.4, -0.2) is 35.1 Å². The molecule has 1 saturated heterocycles. The Morgan fingerprint density at radius 2 is 2.09 bits per heavy atom. The zero-order valence-corrected chi connectivity index (χ0v) is 13.1. The number of imidazole rings is 1. The summed E-state index contributed by atoms with van der Waals surface area (Å²) in [5, 5.41) is 6.36. The Labute approximate surface area is 134 Å². The Morgan fingerprint density at radius 1 is 1.30 bits per heavy atom. The number of nitrogens with one attached hydrogen (secondary N) is 3. The number of para-hydroxylation sites is 2. The molecule has 1 aromatic carbocycles. The van der Waals surface area contributed by atoms with E-state index in [2.05, 4.69) is 15.6 Å². The fourth-order valence-electron chi connectivity index (χ4n) is 3.94. The van der Waals surface area contributed by atoms with Gasteiger partial charge in [-0.15, -0.1) is 0 Å². The van der Waals surface area contributed by atoms with E-state index >= 15 is 0 Å². The summed E-state index contributed by atoms with van der Waals surface area (Å²) in [7, 11) is 0. The van der Waals surface area contributed by atoms with Crippen molar-refractivity contribution in [2.45, 2.75) is 25.8 Å². The number of hydrogen-bond donors (Lipinski definition) is 3. The number of aromatic nitrogens is 2. The third-order valence-electron chi connectivity index (χ3n) is 5.42. The molecule has 1 saturated carbocycles. The van der Waals surface area contributed by atoms with Gasteiger partial charge in [-0.05, 0) is 49.9 Å². The van der Waals surface area contributed by atoms with Crippen LogP contribution in [0, 0.1) is 11.3 Å². The number of fused-ring (bicyclic) bond motifs is 1. The SMILES string of the molecule is O=C(NCCn1c(=O)[nH]c2ccccc21)C1CC12CCNCC2. The van der Waals surface area contributed by atoms with Crippen LogP contribution in [0.15, 0.2) is 29.1 Å². The standard InChI is InChI=1S/C17H22N4O2/c22-15(12-11-17(12)5-7-18-8-6-17)19-9-10-21-14-4-2-1-3-13(14)20-16(21)23/h1-4,12,18H,5-11H2,(H,19,22)(H,20,23). The first-order valence-electron chi connectivity index (χ1n) is 8.36. The number of aromatic amines is 1. The van der Waals surface area contributed by atoms with E-state index in [0.717, 1.165) is 43.4 Å². The van der Waals surface area contributed by atoms with Crippen molar-refractivity contribution in [3.05, 3.63) is 34.7 Å². The lowest BCUT2D eigenvalue weighted by atomic mass is 9.92. The summed E-state index contributed by atoms with van der Waals surface area (Å²) in [4.78, 5) is 27.2. The zero-order chi connectivity index (χ0) is 15.9. The second kappa shape index (κ2) is 5.53. The van der Waals surface area contributed by atoms with Gasteiger partial charge in [-0.1, -0.05) is 12.1 Å². The molecule has 122 valence electrons. The Bertz CT molecular complexity index is 785. The van der Waals surface area contributed by atoms with Gasteiger partial charge in [-0.3, -0.25) is 9.36 Å². The number of carbonyl (C=O) groups excluding carboxylic acids is 1. The zero-order valence-electron chi connectivity index (χ0n) is 13.1. The minimum absolute atomic E-state index is 0.123. The largest absolute Gasteiger partial charge is 0.354 e. The monoisotopic (exact) mass is 314 g/mol. The number of rotatable bonds is 4. The number of benzene rings is 1. The number of amides is 1. The van der Waals surface area contributed by atoms with Gasteiger partial charge in [0.25, 0.3) is 0 Å². The van der Waals surface area contributed by atoms with Gasteiger partial charge in [0.2, 0.25) is 5.91 Å². The normalized spacial score (nSPS) is 22.3. The van der Waals surface area contributed by atoms with Crippen molar-refractivity contribution in [3.63, 3.8) is 0 Å². The highest BCUT2D eigenvalue weighted by Crippen LogP contribution is 2.58. The molecule has 23 heavy (non-hydrogen) atoms. The van der Waals surface area contributed by atoms with E-state index in [-0.39, 0.29) is 22.9 Å². The Balaban J connectivity index is 1.36.